The van der Waals surface area contributed by atoms with E-state index in [-0.39, 0.29) is 24.2 Å². The maximum Gasteiger partial charge on any atom is 0.329 e. The number of nitrogens with one attached hydrogen (secondary N) is 1. The van der Waals surface area contributed by atoms with Crippen LogP contribution in [0.3, 0.4) is 0 Å². The number of amides is 1. The van der Waals surface area contributed by atoms with E-state index in [0.29, 0.717) is 6.54 Å². The van der Waals surface area contributed by atoms with E-state index in [1.165, 1.54) is 4.90 Å². The first-order chi connectivity index (χ1) is 13.0. The number of thioether (sulfide) groups is 1. The molecule has 1 amide bonds. The molecule has 0 saturated heterocycles. The Morgan fingerprint density at radius 2 is 1.70 bits per heavy atom. The third-order valence-electron chi connectivity index (χ3n) is 4.67. The molecule has 0 aliphatic heterocycles. The fourth-order valence-electron chi connectivity index (χ4n) is 3.27. The fourth-order valence-corrected chi connectivity index (χ4v) is 3.68. The van der Waals surface area contributed by atoms with Crippen molar-refractivity contribution in [1.29, 1.82) is 0 Å². The molecule has 0 fully saturated rings. The Morgan fingerprint density at radius 3 is 2.30 bits per heavy atom. The van der Waals surface area contributed by atoms with Gasteiger partial charge in [0.05, 0.1) is 17.1 Å². The van der Waals surface area contributed by atoms with E-state index in [0.717, 1.165) is 23.0 Å². The SMILES string of the molecule is CCCn1c(=O)n(CC(=O)NC(C)c2ccc(SC)cc2)c2ccccc21. The quantitative estimate of drug-likeness (QED) is 0.631. The van der Waals surface area contributed by atoms with Gasteiger partial charge in [-0.3, -0.25) is 13.9 Å². The van der Waals surface area contributed by atoms with Crippen LogP contribution in [0.2, 0.25) is 0 Å². The third-order valence-corrected chi connectivity index (χ3v) is 5.41. The maximum absolute atomic E-state index is 12.8. The lowest BCUT2D eigenvalue weighted by Crippen LogP contribution is -2.34. The Morgan fingerprint density at radius 1 is 1.07 bits per heavy atom. The summed E-state index contributed by atoms with van der Waals surface area (Å²) in [5, 5.41) is 3.00. The first-order valence-corrected chi connectivity index (χ1v) is 10.4. The summed E-state index contributed by atoms with van der Waals surface area (Å²) in [4.78, 5) is 26.6. The van der Waals surface area contributed by atoms with Gasteiger partial charge in [0, 0.05) is 11.4 Å². The number of carbonyl (C=O) groups excluding carboxylic acids is 1. The van der Waals surface area contributed by atoms with Gasteiger partial charge in [-0.25, -0.2) is 4.79 Å². The summed E-state index contributed by atoms with van der Waals surface area (Å²) in [6.07, 6.45) is 2.90. The lowest BCUT2D eigenvalue weighted by Gasteiger charge is -2.15. The zero-order valence-corrected chi connectivity index (χ0v) is 16.8. The van der Waals surface area contributed by atoms with Crippen molar-refractivity contribution in [2.24, 2.45) is 0 Å². The molecule has 0 aliphatic carbocycles. The molecule has 3 rings (SSSR count). The van der Waals surface area contributed by atoms with Crippen LogP contribution in [-0.4, -0.2) is 21.3 Å². The zero-order chi connectivity index (χ0) is 19.4. The van der Waals surface area contributed by atoms with Crippen molar-refractivity contribution in [3.05, 3.63) is 64.6 Å². The van der Waals surface area contributed by atoms with Gasteiger partial charge < -0.3 is 5.32 Å². The number of aromatic nitrogens is 2. The number of fused-ring (bicyclic) bond motifs is 1. The molecule has 142 valence electrons. The van der Waals surface area contributed by atoms with E-state index in [9.17, 15) is 9.59 Å². The van der Waals surface area contributed by atoms with Gasteiger partial charge in [-0.2, -0.15) is 0 Å². The molecule has 1 unspecified atom stereocenters. The van der Waals surface area contributed by atoms with Gasteiger partial charge in [0.1, 0.15) is 6.54 Å². The van der Waals surface area contributed by atoms with Crippen LogP contribution in [0.15, 0.2) is 58.2 Å². The van der Waals surface area contributed by atoms with Crippen molar-refractivity contribution < 1.29 is 4.79 Å². The fraction of sp³-hybridized carbons (Fsp3) is 0.333. The minimum absolute atomic E-state index is 0.0172. The Labute approximate surface area is 163 Å². The van der Waals surface area contributed by atoms with Crippen molar-refractivity contribution in [3.8, 4) is 0 Å². The number of benzene rings is 2. The smallest absolute Gasteiger partial charge is 0.329 e. The number of imidazole rings is 1. The van der Waals surface area contributed by atoms with Gasteiger partial charge in [0.25, 0.3) is 0 Å². The highest BCUT2D eigenvalue weighted by Gasteiger charge is 2.16. The molecule has 6 heteroatoms. The van der Waals surface area contributed by atoms with Crippen LogP contribution in [0.5, 0.6) is 0 Å². The monoisotopic (exact) mass is 383 g/mol. The van der Waals surface area contributed by atoms with Crippen LogP contribution in [0.25, 0.3) is 11.0 Å². The molecule has 1 heterocycles. The van der Waals surface area contributed by atoms with Crippen molar-refractivity contribution in [2.45, 2.75) is 44.3 Å². The summed E-state index contributed by atoms with van der Waals surface area (Å²) >= 11 is 1.69. The summed E-state index contributed by atoms with van der Waals surface area (Å²) in [5.74, 6) is -0.169. The van der Waals surface area contributed by atoms with Crippen LogP contribution in [0.1, 0.15) is 31.9 Å². The van der Waals surface area contributed by atoms with Gasteiger partial charge in [0.2, 0.25) is 5.91 Å². The Hall–Kier alpha value is -2.47. The molecule has 1 aromatic heterocycles. The van der Waals surface area contributed by atoms with Crippen molar-refractivity contribution in [1.82, 2.24) is 14.5 Å². The van der Waals surface area contributed by atoms with Gasteiger partial charge in [-0.05, 0) is 49.4 Å². The van der Waals surface area contributed by atoms with Crippen LogP contribution in [0, 0.1) is 0 Å². The molecule has 2 aromatic carbocycles. The van der Waals surface area contributed by atoms with Crippen LogP contribution >= 0.6 is 11.8 Å². The Kier molecular flexibility index (Phi) is 6.06. The molecule has 0 aliphatic rings. The van der Waals surface area contributed by atoms with Gasteiger partial charge in [0.15, 0.2) is 0 Å². The van der Waals surface area contributed by atoms with E-state index in [1.54, 1.807) is 20.9 Å². The van der Waals surface area contributed by atoms with E-state index in [1.807, 2.05) is 68.6 Å². The molecule has 1 atom stereocenters. The predicted molar refractivity (Wildman–Crippen MR) is 111 cm³/mol. The lowest BCUT2D eigenvalue weighted by molar-refractivity contribution is -0.122. The number of rotatable bonds is 7. The highest BCUT2D eigenvalue weighted by Crippen LogP contribution is 2.19. The van der Waals surface area contributed by atoms with E-state index in [4.69, 9.17) is 0 Å². The number of aryl methyl sites for hydroxylation is 1. The number of hydrogen-bond acceptors (Lipinski definition) is 3. The Bertz CT molecular complexity index is 989. The third kappa shape index (κ3) is 4.11. The molecular formula is C21H25N3O2S. The minimum Gasteiger partial charge on any atom is -0.348 e. The molecular weight excluding hydrogens is 358 g/mol. The number of carbonyl (C=O) groups is 1. The van der Waals surface area contributed by atoms with E-state index in [2.05, 4.69) is 5.32 Å². The number of para-hydroxylation sites is 2. The van der Waals surface area contributed by atoms with E-state index < -0.39 is 0 Å². The van der Waals surface area contributed by atoms with Crippen molar-refractivity contribution in [2.75, 3.05) is 6.26 Å². The number of hydrogen-bond donors (Lipinski definition) is 1. The first kappa shape index (κ1) is 19.3. The molecule has 1 N–H and O–H groups in total. The second-order valence-electron chi connectivity index (χ2n) is 6.57. The molecule has 0 spiro atoms. The predicted octanol–water partition coefficient (Wildman–Crippen LogP) is 3.81. The maximum atomic E-state index is 12.8. The molecule has 0 bridgehead atoms. The minimum atomic E-state index is -0.169. The summed E-state index contributed by atoms with van der Waals surface area (Å²) in [6.45, 7) is 4.65. The standard InChI is InChI=1S/C21H25N3O2S/c1-4-13-23-18-7-5-6-8-19(18)24(21(23)26)14-20(25)22-15(2)16-9-11-17(27-3)12-10-16/h5-12,15H,4,13-14H2,1-3H3,(H,22,25). The molecule has 27 heavy (non-hydrogen) atoms. The van der Waals surface area contributed by atoms with Crippen LogP contribution in [-0.2, 0) is 17.9 Å². The molecule has 0 radical (unpaired) electrons. The molecule has 5 nitrogen and oxygen atoms in total. The summed E-state index contributed by atoms with van der Waals surface area (Å²) < 4.78 is 3.30. The average molecular weight is 384 g/mol. The van der Waals surface area contributed by atoms with Crippen molar-refractivity contribution >= 4 is 28.7 Å². The van der Waals surface area contributed by atoms with Crippen LogP contribution < -0.4 is 11.0 Å². The largest absolute Gasteiger partial charge is 0.348 e. The average Bonchev–Trinajstić information content (AvgIpc) is 2.94. The molecule has 0 saturated carbocycles. The van der Waals surface area contributed by atoms with Gasteiger partial charge >= 0.3 is 5.69 Å². The second kappa shape index (κ2) is 8.48. The summed E-state index contributed by atoms with van der Waals surface area (Å²) in [7, 11) is 0. The zero-order valence-electron chi connectivity index (χ0n) is 15.9. The molecule has 3 aromatic rings. The van der Waals surface area contributed by atoms with Gasteiger partial charge in [-0.15, -0.1) is 11.8 Å². The number of nitrogens with zero attached hydrogens (tertiary/aromatic N) is 2. The summed E-state index contributed by atoms with van der Waals surface area (Å²) in [6, 6.07) is 15.6. The second-order valence-corrected chi connectivity index (χ2v) is 7.45. The highest BCUT2D eigenvalue weighted by atomic mass is 32.2. The topological polar surface area (TPSA) is 56.0 Å². The van der Waals surface area contributed by atoms with Crippen molar-refractivity contribution in [3.63, 3.8) is 0 Å². The normalized spacial score (nSPS) is 12.3. The Balaban J connectivity index is 1.79. The highest BCUT2D eigenvalue weighted by molar-refractivity contribution is 7.98. The van der Waals surface area contributed by atoms with Crippen LogP contribution in [0.4, 0.5) is 0 Å². The lowest BCUT2D eigenvalue weighted by atomic mass is 10.1. The van der Waals surface area contributed by atoms with E-state index >= 15 is 0 Å². The first-order valence-electron chi connectivity index (χ1n) is 9.16. The van der Waals surface area contributed by atoms with Gasteiger partial charge in [-0.1, -0.05) is 31.2 Å². The summed E-state index contributed by atoms with van der Waals surface area (Å²) in [5.41, 5.74) is 2.58.